The maximum absolute atomic E-state index is 11.5. The second-order valence-electron chi connectivity index (χ2n) is 3.17. The molecule has 78 valence electrons. The molecule has 1 aromatic rings. The van der Waals surface area contributed by atoms with Crippen molar-refractivity contribution in [2.45, 2.75) is 19.8 Å². The van der Waals surface area contributed by atoms with Crippen molar-refractivity contribution in [3.8, 4) is 0 Å². The van der Waals surface area contributed by atoms with Crippen LogP contribution in [0.4, 0.5) is 0 Å². The first-order valence-electron chi connectivity index (χ1n) is 4.79. The van der Waals surface area contributed by atoms with Gasteiger partial charge in [0.2, 0.25) is 5.78 Å². The van der Waals surface area contributed by atoms with Crippen LogP contribution in [0.2, 0.25) is 0 Å². The van der Waals surface area contributed by atoms with Gasteiger partial charge in [0, 0.05) is 12.0 Å². The molecule has 0 heterocycles. The quantitative estimate of drug-likeness (QED) is 0.417. The smallest absolute Gasteiger partial charge is 0.206 e. The number of carbonyl (C=O) groups is 3. The highest BCUT2D eigenvalue weighted by molar-refractivity contribution is 6.41. The van der Waals surface area contributed by atoms with Gasteiger partial charge in [-0.15, -0.1) is 0 Å². The van der Waals surface area contributed by atoms with Crippen molar-refractivity contribution in [1.29, 1.82) is 0 Å². The van der Waals surface area contributed by atoms with E-state index in [1.54, 1.807) is 37.3 Å². The third-order valence-electron chi connectivity index (χ3n) is 2.05. The Balaban J connectivity index is 2.65. The van der Waals surface area contributed by atoms with Crippen LogP contribution >= 0.6 is 0 Å². The molecule has 0 aliphatic carbocycles. The molecule has 0 aliphatic rings. The fourth-order valence-electron chi connectivity index (χ4n) is 1.17. The Bertz CT molecular complexity index is 379. The second-order valence-corrected chi connectivity index (χ2v) is 3.17. The Kier molecular flexibility index (Phi) is 3.92. The lowest BCUT2D eigenvalue weighted by Crippen LogP contribution is -2.17. The van der Waals surface area contributed by atoms with E-state index in [0.29, 0.717) is 5.56 Å². The topological polar surface area (TPSA) is 51.2 Å². The lowest BCUT2D eigenvalue weighted by atomic mass is 10.0. The minimum absolute atomic E-state index is 0.154. The summed E-state index contributed by atoms with van der Waals surface area (Å²) in [6.07, 6.45) is -0.169. The van der Waals surface area contributed by atoms with Crippen LogP contribution in [0.3, 0.4) is 0 Å². The number of ketones is 3. The molecule has 0 N–H and O–H groups in total. The zero-order valence-corrected chi connectivity index (χ0v) is 8.53. The fourth-order valence-corrected chi connectivity index (χ4v) is 1.17. The molecule has 1 rings (SSSR count). The van der Waals surface area contributed by atoms with E-state index in [2.05, 4.69) is 0 Å². The highest BCUT2D eigenvalue weighted by Crippen LogP contribution is 2.04. The summed E-state index contributed by atoms with van der Waals surface area (Å²) < 4.78 is 0. The normalized spacial score (nSPS) is 9.67. The minimum Gasteiger partial charge on any atom is -0.294 e. The second kappa shape index (κ2) is 5.20. The molecule has 0 saturated carbocycles. The van der Waals surface area contributed by atoms with E-state index in [4.69, 9.17) is 0 Å². The first-order valence-corrected chi connectivity index (χ1v) is 4.79. The molecule has 3 heteroatoms. The van der Waals surface area contributed by atoms with Gasteiger partial charge in [0.05, 0.1) is 6.42 Å². The Morgan fingerprint density at radius 3 is 2.13 bits per heavy atom. The predicted molar refractivity (Wildman–Crippen MR) is 55.7 cm³/mol. The van der Waals surface area contributed by atoms with E-state index in [-0.39, 0.29) is 18.6 Å². The van der Waals surface area contributed by atoms with Gasteiger partial charge < -0.3 is 0 Å². The molecule has 0 amide bonds. The predicted octanol–water partition coefficient (Wildman–Crippen LogP) is 1.81. The van der Waals surface area contributed by atoms with Crippen LogP contribution in [0.5, 0.6) is 0 Å². The Labute approximate surface area is 88.1 Å². The molecule has 0 aromatic heterocycles. The van der Waals surface area contributed by atoms with E-state index in [9.17, 15) is 14.4 Å². The third-order valence-corrected chi connectivity index (χ3v) is 2.05. The summed E-state index contributed by atoms with van der Waals surface area (Å²) in [5.74, 6) is -1.40. The molecule has 0 fully saturated rings. The van der Waals surface area contributed by atoms with Gasteiger partial charge in [-0.25, -0.2) is 0 Å². The van der Waals surface area contributed by atoms with Crippen molar-refractivity contribution < 1.29 is 14.4 Å². The fraction of sp³-hybridized carbons (Fsp3) is 0.250. The first-order chi connectivity index (χ1) is 7.15. The zero-order chi connectivity index (χ0) is 11.3. The molecule has 0 spiro atoms. The van der Waals surface area contributed by atoms with Crippen LogP contribution in [0.1, 0.15) is 30.1 Å². The maximum Gasteiger partial charge on any atom is 0.206 e. The summed E-state index contributed by atoms with van der Waals surface area (Å²) >= 11 is 0. The standard InChI is InChI=1S/C12H12O3/c1-2-10(13)12(15)8-11(14)9-6-4-3-5-7-9/h3-7H,2,8H2,1H3. The molecular weight excluding hydrogens is 192 g/mol. The SMILES string of the molecule is CCC(=O)C(=O)CC(=O)c1ccccc1. The van der Waals surface area contributed by atoms with Crippen LogP contribution < -0.4 is 0 Å². The van der Waals surface area contributed by atoms with Gasteiger partial charge in [-0.05, 0) is 0 Å². The van der Waals surface area contributed by atoms with E-state index in [1.165, 1.54) is 0 Å². The van der Waals surface area contributed by atoms with Crippen molar-refractivity contribution in [3.05, 3.63) is 35.9 Å². The third kappa shape index (κ3) is 3.13. The summed E-state index contributed by atoms with van der Waals surface area (Å²) in [7, 11) is 0. The van der Waals surface area contributed by atoms with Gasteiger partial charge in [0.25, 0.3) is 0 Å². The molecule has 15 heavy (non-hydrogen) atoms. The van der Waals surface area contributed by atoms with Gasteiger partial charge in [0.1, 0.15) is 0 Å². The van der Waals surface area contributed by atoms with Crippen LogP contribution in [-0.2, 0) is 9.59 Å². The monoisotopic (exact) mass is 204 g/mol. The van der Waals surface area contributed by atoms with Crippen molar-refractivity contribution in [2.75, 3.05) is 0 Å². The first kappa shape index (κ1) is 11.3. The van der Waals surface area contributed by atoms with Crippen molar-refractivity contribution in [2.24, 2.45) is 0 Å². The van der Waals surface area contributed by atoms with Gasteiger partial charge in [0.15, 0.2) is 11.6 Å². The Morgan fingerprint density at radius 2 is 1.60 bits per heavy atom. The number of hydrogen-bond acceptors (Lipinski definition) is 3. The minimum atomic E-state index is -0.605. The van der Waals surface area contributed by atoms with Crippen molar-refractivity contribution in [3.63, 3.8) is 0 Å². The van der Waals surface area contributed by atoms with Crippen LogP contribution in [-0.4, -0.2) is 17.3 Å². The van der Waals surface area contributed by atoms with Crippen LogP contribution in [0, 0.1) is 0 Å². The largest absolute Gasteiger partial charge is 0.294 e. The lowest BCUT2D eigenvalue weighted by Gasteiger charge is -1.98. The zero-order valence-electron chi connectivity index (χ0n) is 8.53. The summed E-state index contributed by atoms with van der Waals surface area (Å²) in [6, 6.07) is 8.49. The van der Waals surface area contributed by atoms with E-state index in [0.717, 1.165) is 0 Å². The summed E-state index contributed by atoms with van der Waals surface area (Å²) in [6.45, 7) is 1.60. The van der Waals surface area contributed by atoms with Gasteiger partial charge >= 0.3 is 0 Å². The highest BCUT2D eigenvalue weighted by atomic mass is 16.2. The molecule has 0 radical (unpaired) electrons. The molecule has 0 bridgehead atoms. The average molecular weight is 204 g/mol. The summed E-state index contributed by atoms with van der Waals surface area (Å²) in [4.78, 5) is 33.7. The summed E-state index contributed by atoms with van der Waals surface area (Å²) in [5.41, 5.74) is 0.467. The maximum atomic E-state index is 11.5. The molecule has 0 atom stereocenters. The van der Waals surface area contributed by atoms with Crippen LogP contribution in [0.15, 0.2) is 30.3 Å². The molecular formula is C12H12O3. The highest BCUT2D eigenvalue weighted by Gasteiger charge is 2.16. The van der Waals surface area contributed by atoms with Crippen molar-refractivity contribution in [1.82, 2.24) is 0 Å². The van der Waals surface area contributed by atoms with Gasteiger partial charge in [-0.3, -0.25) is 14.4 Å². The van der Waals surface area contributed by atoms with Crippen LogP contribution in [0.25, 0.3) is 0 Å². The van der Waals surface area contributed by atoms with E-state index in [1.807, 2.05) is 0 Å². The van der Waals surface area contributed by atoms with E-state index < -0.39 is 11.6 Å². The van der Waals surface area contributed by atoms with Crippen molar-refractivity contribution >= 4 is 17.3 Å². The Morgan fingerprint density at radius 1 is 1.00 bits per heavy atom. The number of rotatable bonds is 5. The number of Topliss-reactive ketones (excluding diaryl/α,β-unsaturated/α-hetero) is 3. The molecule has 0 aliphatic heterocycles. The van der Waals surface area contributed by atoms with Gasteiger partial charge in [-0.1, -0.05) is 37.3 Å². The summed E-state index contributed by atoms with van der Waals surface area (Å²) in [5, 5.41) is 0. The average Bonchev–Trinajstić information content (AvgIpc) is 2.29. The Hall–Kier alpha value is -1.77. The van der Waals surface area contributed by atoms with Gasteiger partial charge in [-0.2, -0.15) is 0 Å². The molecule has 1 aromatic carbocycles. The van der Waals surface area contributed by atoms with E-state index >= 15 is 0 Å². The molecule has 0 unspecified atom stereocenters. The number of benzene rings is 1. The number of hydrogen-bond donors (Lipinski definition) is 0. The molecule has 0 saturated heterocycles. The lowest BCUT2D eigenvalue weighted by molar-refractivity contribution is -0.135. The number of carbonyl (C=O) groups excluding carboxylic acids is 3. The molecule has 3 nitrogen and oxygen atoms in total.